The highest BCUT2D eigenvalue weighted by Crippen LogP contribution is 2.25. The Bertz CT molecular complexity index is 913. The Labute approximate surface area is 160 Å². The van der Waals surface area contributed by atoms with Gasteiger partial charge in [0.2, 0.25) is 15.9 Å². The second kappa shape index (κ2) is 8.10. The van der Waals surface area contributed by atoms with Gasteiger partial charge in [-0.25, -0.2) is 8.42 Å². The first-order chi connectivity index (χ1) is 12.1. The van der Waals surface area contributed by atoms with Gasteiger partial charge in [-0.15, -0.1) is 0 Å². The zero-order valence-electron chi connectivity index (χ0n) is 15.3. The number of halogens is 1. The van der Waals surface area contributed by atoms with E-state index in [2.05, 4.69) is 5.32 Å². The van der Waals surface area contributed by atoms with Gasteiger partial charge >= 0.3 is 0 Å². The first-order valence-electron chi connectivity index (χ1n) is 8.26. The van der Waals surface area contributed by atoms with Gasteiger partial charge in [-0.1, -0.05) is 36.7 Å². The number of nitrogens with zero attached hydrogens (tertiary/aromatic N) is 1. The van der Waals surface area contributed by atoms with Crippen molar-refractivity contribution in [2.24, 2.45) is 0 Å². The van der Waals surface area contributed by atoms with Crippen LogP contribution >= 0.6 is 11.6 Å². The molecule has 2 aromatic rings. The quantitative estimate of drug-likeness (QED) is 0.800. The SMILES string of the molecule is CC[C@@H](C(=O)Nc1ccc(C)c(Cl)c1)N(c1cccc(C)c1)S(C)(=O)=O. The van der Waals surface area contributed by atoms with Crippen LogP contribution in [0.25, 0.3) is 0 Å². The number of nitrogens with one attached hydrogen (secondary N) is 1. The van der Waals surface area contributed by atoms with E-state index in [0.717, 1.165) is 17.4 Å². The summed E-state index contributed by atoms with van der Waals surface area (Å²) >= 11 is 6.10. The number of amides is 1. The monoisotopic (exact) mass is 394 g/mol. The van der Waals surface area contributed by atoms with E-state index in [1.807, 2.05) is 19.9 Å². The van der Waals surface area contributed by atoms with Crippen LogP contribution in [0, 0.1) is 13.8 Å². The summed E-state index contributed by atoms with van der Waals surface area (Å²) in [5, 5.41) is 3.31. The topological polar surface area (TPSA) is 66.5 Å². The van der Waals surface area contributed by atoms with Gasteiger partial charge in [-0.3, -0.25) is 9.10 Å². The molecule has 0 unspecified atom stereocenters. The molecule has 7 heteroatoms. The van der Waals surface area contributed by atoms with Crippen LogP contribution in [0.1, 0.15) is 24.5 Å². The predicted octanol–water partition coefficient (Wildman–Crippen LogP) is 4.14. The predicted molar refractivity (Wildman–Crippen MR) is 107 cm³/mol. The summed E-state index contributed by atoms with van der Waals surface area (Å²) in [6.45, 7) is 5.52. The lowest BCUT2D eigenvalue weighted by Crippen LogP contribution is -2.47. The van der Waals surface area contributed by atoms with Gasteiger partial charge in [0.15, 0.2) is 0 Å². The molecule has 0 aliphatic rings. The number of rotatable bonds is 6. The largest absolute Gasteiger partial charge is 0.324 e. The van der Waals surface area contributed by atoms with Crippen molar-refractivity contribution < 1.29 is 13.2 Å². The fourth-order valence-corrected chi connectivity index (χ4v) is 4.11. The van der Waals surface area contributed by atoms with Crippen molar-refractivity contribution >= 4 is 38.9 Å². The Hall–Kier alpha value is -2.05. The minimum atomic E-state index is -3.65. The summed E-state index contributed by atoms with van der Waals surface area (Å²) in [6, 6.07) is 11.4. The Morgan fingerprint density at radius 3 is 2.42 bits per heavy atom. The van der Waals surface area contributed by atoms with Crippen LogP contribution in [0.15, 0.2) is 42.5 Å². The molecule has 1 N–H and O–H groups in total. The maximum atomic E-state index is 12.8. The summed E-state index contributed by atoms with van der Waals surface area (Å²) in [6.07, 6.45) is 1.43. The highest BCUT2D eigenvalue weighted by molar-refractivity contribution is 7.92. The van der Waals surface area contributed by atoms with Gasteiger partial charge in [0.05, 0.1) is 11.9 Å². The molecule has 140 valence electrons. The molecule has 1 atom stereocenters. The second-order valence-corrected chi connectivity index (χ2v) is 8.54. The van der Waals surface area contributed by atoms with Crippen LogP contribution < -0.4 is 9.62 Å². The van der Waals surface area contributed by atoms with Crippen molar-refractivity contribution in [3.05, 3.63) is 58.6 Å². The summed E-state index contributed by atoms with van der Waals surface area (Å²) < 4.78 is 26.0. The summed E-state index contributed by atoms with van der Waals surface area (Å²) in [5.74, 6) is -0.403. The highest BCUT2D eigenvalue weighted by atomic mass is 35.5. The van der Waals surface area contributed by atoms with Gasteiger partial charge in [0.25, 0.3) is 0 Å². The smallest absolute Gasteiger partial charge is 0.248 e. The van der Waals surface area contributed by atoms with E-state index in [0.29, 0.717) is 22.8 Å². The van der Waals surface area contributed by atoms with Gasteiger partial charge in [0.1, 0.15) is 6.04 Å². The molecule has 0 fully saturated rings. The lowest BCUT2D eigenvalue weighted by molar-refractivity contribution is -0.117. The third kappa shape index (κ3) is 4.77. The molecule has 5 nitrogen and oxygen atoms in total. The van der Waals surface area contributed by atoms with Gasteiger partial charge in [-0.05, 0) is 55.7 Å². The third-order valence-electron chi connectivity index (χ3n) is 4.03. The molecule has 2 rings (SSSR count). The summed E-state index contributed by atoms with van der Waals surface area (Å²) in [5.41, 5.74) is 2.81. The number of carbonyl (C=O) groups excluding carboxylic acids is 1. The van der Waals surface area contributed by atoms with Crippen molar-refractivity contribution in [3.8, 4) is 0 Å². The van der Waals surface area contributed by atoms with E-state index in [-0.39, 0.29) is 0 Å². The molecule has 26 heavy (non-hydrogen) atoms. The minimum absolute atomic E-state index is 0.326. The van der Waals surface area contributed by atoms with Gasteiger partial charge < -0.3 is 5.32 Å². The van der Waals surface area contributed by atoms with Crippen LogP contribution in [0.4, 0.5) is 11.4 Å². The van der Waals surface area contributed by atoms with E-state index in [1.54, 1.807) is 43.3 Å². The molecule has 1 amide bonds. The van der Waals surface area contributed by atoms with Crippen molar-refractivity contribution in [2.45, 2.75) is 33.2 Å². The van der Waals surface area contributed by atoms with Crippen molar-refractivity contribution in [1.29, 1.82) is 0 Å². The first kappa shape index (κ1) is 20.3. The average molecular weight is 395 g/mol. The van der Waals surface area contributed by atoms with Gasteiger partial charge in [-0.2, -0.15) is 0 Å². The fourth-order valence-electron chi connectivity index (χ4n) is 2.72. The average Bonchev–Trinajstić information content (AvgIpc) is 2.54. The zero-order valence-corrected chi connectivity index (χ0v) is 16.9. The molecule has 0 saturated carbocycles. The number of hydrogen-bond acceptors (Lipinski definition) is 3. The van der Waals surface area contributed by atoms with Crippen LogP contribution in [0.3, 0.4) is 0 Å². The number of sulfonamides is 1. The molecule has 0 radical (unpaired) electrons. The molecule has 0 aliphatic carbocycles. The standard InChI is InChI=1S/C19H23ClN2O3S/c1-5-18(19(23)21-15-10-9-14(3)17(20)12-15)22(26(4,24)25)16-8-6-7-13(2)11-16/h6-12,18H,5H2,1-4H3,(H,21,23)/t18-/m0/s1. The van der Waals surface area contributed by atoms with E-state index in [1.165, 1.54) is 4.31 Å². The molecular weight excluding hydrogens is 372 g/mol. The van der Waals surface area contributed by atoms with Gasteiger partial charge in [0, 0.05) is 10.7 Å². The highest BCUT2D eigenvalue weighted by Gasteiger charge is 2.31. The van der Waals surface area contributed by atoms with Crippen molar-refractivity contribution in [1.82, 2.24) is 0 Å². The Kier molecular flexibility index (Phi) is 6.31. The molecule has 0 aromatic heterocycles. The number of carbonyl (C=O) groups is 1. The number of aryl methyl sites for hydroxylation is 2. The number of anilines is 2. The van der Waals surface area contributed by atoms with Crippen LogP contribution in [0.5, 0.6) is 0 Å². The lowest BCUT2D eigenvalue weighted by Gasteiger charge is -2.30. The third-order valence-corrected chi connectivity index (χ3v) is 5.61. The normalized spacial score (nSPS) is 12.5. The fraction of sp³-hybridized carbons (Fsp3) is 0.316. The molecule has 0 bridgehead atoms. The molecular formula is C19H23ClN2O3S. The van der Waals surface area contributed by atoms with Crippen LogP contribution in [-0.4, -0.2) is 26.6 Å². The molecule has 0 heterocycles. The molecule has 0 aliphatic heterocycles. The van der Waals surface area contributed by atoms with Crippen molar-refractivity contribution in [3.63, 3.8) is 0 Å². The van der Waals surface area contributed by atoms with E-state index >= 15 is 0 Å². The van der Waals surface area contributed by atoms with Crippen molar-refractivity contribution in [2.75, 3.05) is 15.9 Å². The second-order valence-electron chi connectivity index (χ2n) is 6.28. The maximum Gasteiger partial charge on any atom is 0.248 e. The zero-order chi connectivity index (χ0) is 19.5. The minimum Gasteiger partial charge on any atom is -0.324 e. The molecule has 0 spiro atoms. The first-order valence-corrected chi connectivity index (χ1v) is 10.5. The van der Waals surface area contributed by atoms with E-state index < -0.39 is 22.0 Å². The number of benzene rings is 2. The summed E-state index contributed by atoms with van der Waals surface area (Å²) in [4.78, 5) is 12.8. The summed E-state index contributed by atoms with van der Waals surface area (Å²) in [7, 11) is -3.65. The van der Waals surface area contributed by atoms with E-state index in [4.69, 9.17) is 11.6 Å². The van der Waals surface area contributed by atoms with Crippen LogP contribution in [0.2, 0.25) is 5.02 Å². The maximum absolute atomic E-state index is 12.8. The molecule has 0 saturated heterocycles. The lowest BCUT2D eigenvalue weighted by atomic mass is 10.1. The number of hydrogen-bond donors (Lipinski definition) is 1. The van der Waals surface area contributed by atoms with Crippen LogP contribution in [-0.2, 0) is 14.8 Å². The van der Waals surface area contributed by atoms with E-state index in [9.17, 15) is 13.2 Å². The Morgan fingerprint density at radius 2 is 1.88 bits per heavy atom. The Balaban J connectivity index is 2.38. The molecule has 2 aromatic carbocycles. The Morgan fingerprint density at radius 1 is 1.19 bits per heavy atom.